The number of ketones is 1. The second kappa shape index (κ2) is 8.13. The van der Waals surface area contributed by atoms with Gasteiger partial charge in [-0.15, -0.1) is 0 Å². The van der Waals surface area contributed by atoms with Gasteiger partial charge in [0.2, 0.25) is 0 Å². The maximum absolute atomic E-state index is 13.2. The molecule has 0 aromatic heterocycles. The van der Waals surface area contributed by atoms with Crippen molar-refractivity contribution in [3.63, 3.8) is 0 Å². The van der Waals surface area contributed by atoms with Crippen molar-refractivity contribution in [2.75, 3.05) is 33.0 Å². The fraction of sp³-hybridized carbons (Fsp3) is 0.417. The molecule has 0 unspecified atom stereocenters. The molecule has 31 heavy (non-hydrogen) atoms. The van der Waals surface area contributed by atoms with Crippen LogP contribution >= 0.6 is 0 Å². The molecular weight excluding hydrogens is 400 g/mol. The number of fused-ring (bicyclic) bond motifs is 2. The Bertz CT molecular complexity index is 1010. The Labute approximate surface area is 180 Å². The van der Waals surface area contributed by atoms with Crippen molar-refractivity contribution in [1.29, 1.82) is 0 Å². The van der Waals surface area contributed by atoms with Crippen molar-refractivity contribution in [3.05, 3.63) is 47.5 Å². The van der Waals surface area contributed by atoms with Crippen LogP contribution in [0.1, 0.15) is 41.6 Å². The van der Waals surface area contributed by atoms with Gasteiger partial charge in [0.05, 0.1) is 5.41 Å². The van der Waals surface area contributed by atoms with E-state index in [1.54, 1.807) is 18.2 Å². The van der Waals surface area contributed by atoms with Crippen molar-refractivity contribution in [2.45, 2.75) is 31.1 Å². The van der Waals surface area contributed by atoms with Crippen molar-refractivity contribution < 1.29 is 33.3 Å². The van der Waals surface area contributed by atoms with Gasteiger partial charge in [-0.1, -0.05) is 18.9 Å². The van der Waals surface area contributed by atoms with E-state index in [1.165, 1.54) is 0 Å². The van der Waals surface area contributed by atoms with Crippen LogP contribution in [-0.4, -0.2) is 44.8 Å². The highest BCUT2D eigenvalue weighted by atomic mass is 16.6. The monoisotopic (exact) mass is 424 g/mol. The van der Waals surface area contributed by atoms with E-state index in [0.29, 0.717) is 67.8 Å². The van der Waals surface area contributed by atoms with Crippen molar-refractivity contribution in [2.24, 2.45) is 0 Å². The first-order valence-electron chi connectivity index (χ1n) is 10.7. The van der Waals surface area contributed by atoms with Gasteiger partial charge in [-0.05, 0) is 48.7 Å². The summed E-state index contributed by atoms with van der Waals surface area (Å²) in [5, 5.41) is 0. The fourth-order valence-corrected chi connectivity index (χ4v) is 4.50. The Morgan fingerprint density at radius 3 is 2.03 bits per heavy atom. The summed E-state index contributed by atoms with van der Waals surface area (Å²) in [6.45, 7) is 1.61. The maximum Gasteiger partial charge on any atom is 0.317 e. The molecule has 3 aliphatic rings. The number of carbonyl (C=O) groups is 2. The Balaban J connectivity index is 1.31. The van der Waals surface area contributed by atoms with E-state index in [-0.39, 0.29) is 18.4 Å². The van der Waals surface area contributed by atoms with Crippen LogP contribution in [0.3, 0.4) is 0 Å². The summed E-state index contributed by atoms with van der Waals surface area (Å²) in [6, 6.07) is 10.6. The largest absolute Gasteiger partial charge is 0.486 e. The van der Waals surface area contributed by atoms with Crippen LogP contribution in [-0.2, 0) is 14.9 Å². The van der Waals surface area contributed by atoms with E-state index < -0.39 is 5.41 Å². The predicted molar refractivity (Wildman–Crippen MR) is 110 cm³/mol. The molecule has 2 heterocycles. The topological polar surface area (TPSA) is 80.3 Å². The summed E-state index contributed by atoms with van der Waals surface area (Å²) in [7, 11) is 0. The minimum absolute atomic E-state index is 0.277. The summed E-state index contributed by atoms with van der Waals surface area (Å²) in [5.41, 5.74) is 0.519. The molecule has 2 aromatic rings. The average molecular weight is 424 g/mol. The van der Waals surface area contributed by atoms with E-state index in [0.717, 1.165) is 18.4 Å². The molecule has 1 saturated carbocycles. The van der Waals surface area contributed by atoms with E-state index in [9.17, 15) is 9.59 Å². The van der Waals surface area contributed by atoms with Gasteiger partial charge in [-0.2, -0.15) is 0 Å². The molecule has 7 nitrogen and oxygen atoms in total. The van der Waals surface area contributed by atoms with E-state index in [4.69, 9.17) is 23.7 Å². The molecule has 0 saturated heterocycles. The zero-order valence-corrected chi connectivity index (χ0v) is 17.2. The van der Waals surface area contributed by atoms with Crippen LogP contribution < -0.4 is 18.9 Å². The van der Waals surface area contributed by atoms with Gasteiger partial charge in [0.15, 0.2) is 35.4 Å². The minimum atomic E-state index is -0.761. The van der Waals surface area contributed by atoms with Gasteiger partial charge < -0.3 is 23.7 Å². The number of carbonyl (C=O) groups excluding carboxylic acids is 2. The van der Waals surface area contributed by atoms with E-state index in [1.807, 2.05) is 18.2 Å². The molecule has 0 radical (unpaired) electrons. The zero-order chi connectivity index (χ0) is 21.3. The number of hydrogen-bond acceptors (Lipinski definition) is 7. The standard InChI is InChI=1S/C24H24O7/c25-18(16-3-5-19-21(13-16)29-11-9-27-19)15-31-23(26)24(7-1-2-8-24)17-4-6-20-22(14-17)30-12-10-28-20/h3-6,13-14H,1-2,7-12,15H2. The highest BCUT2D eigenvalue weighted by Gasteiger charge is 2.45. The van der Waals surface area contributed by atoms with Crippen LogP contribution in [0, 0.1) is 0 Å². The first-order valence-corrected chi connectivity index (χ1v) is 10.7. The molecule has 1 fully saturated rings. The third-order valence-corrected chi connectivity index (χ3v) is 6.14. The normalized spacial score (nSPS) is 18.3. The number of hydrogen-bond donors (Lipinski definition) is 0. The second-order valence-corrected chi connectivity index (χ2v) is 8.01. The SMILES string of the molecule is O=C(COC(=O)C1(c2ccc3c(c2)OCCO3)CCCC1)c1ccc2c(c1)OCCO2. The molecule has 1 aliphatic carbocycles. The average Bonchev–Trinajstić information content (AvgIpc) is 3.33. The molecule has 2 aliphatic heterocycles. The molecule has 162 valence electrons. The minimum Gasteiger partial charge on any atom is -0.486 e. The molecule has 2 aromatic carbocycles. The summed E-state index contributed by atoms with van der Waals surface area (Å²) >= 11 is 0. The Kier molecular flexibility index (Phi) is 5.18. The number of esters is 1. The lowest BCUT2D eigenvalue weighted by molar-refractivity contribution is -0.149. The van der Waals surface area contributed by atoms with Gasteiger partial charge >= 0.3 is 5.97 Å². The van der Waals surface area contributed by atoms with E-state index in [2.05, 4.69) is 0 Å². The summed E-state index contributed by atoms with van der Waals surface area (Å²) in [4.78, 5) is 25.9. The number of ether oxygens (including phenoxy) is 5. The lowest BCUT2D eigenvalue weighted by atomic mass is 9.78. The molecule has 0 N–H and O–H groups in total. The summed E-state index contributed by atoms with van der Waals surface area (Å²) < 4.78 is 27.9. The van der Waals surface area contributed by atoms with Gasteiger partial charge in [-0.25, -0.2) is 0 Å². The van der Waals surface area contributed by atoms with E-state index >= 15 is 0 Å². The summed E-state index contributed by atoms with van der Waals surface area (Å²) in [5.74, 6) is 1.84. The van der Waals surface area contributed by atoms with Gasteiger partial charge in [0.1, 0.15) is 26.4 Å². The number of Topliss-reactive ketones (excluding diaryl/α,β-unsaturated/α-hetero) is 1. The lowest BCUT2D eigenvalue weighted by Gasteiger charge is -2.28. The van der Waals surface area contributed by atoms with Gasteiger partial charge in [-0.3, -0.25) is 9.59 Å². The van der Waals surface area contributed by atoms with Crippen molar-refractivity contribution in [3.8, 4) is 23.0 Å². The third kappa shape index (κ3) is 3.69. The second-order valence-electron chi connectivity index (χ2n) is 8.01. The predicted octanol–water partition coefficient (Wildman–Crippen LogP) is 3.47. The first kappa shape index (κ1) is 19.7. The smallest absolute Gasteiger partial charge is 0.317 e. The highest BCUT2D eigenvalue weighted by Crippen LogP contribution is 2.45. The van der Waals surface area contributed by atoms with Crippen LogP contribution in [0.25, 0.3) is 0 Å². The molecule has 0 spiro atoms. The van der Waals surface area contributed by atoms with Crippen molar-refractivity contribution in [1.82, 2.24) is 0 Å². The lowest BCUT2D eigenvalue weighted by Crippen LogP contribution is -2.36. The maximum atomic E-state index is 13.2. The molecular formula is C24H24O7. The first-order chi connectivity index (χ1) is 15.2. The number of rotatable bonds is 5. The molecule has 0 bridgehead atoms. The van der Waals surface area contributed by atoms with Crippen molar-refractivity contribution >= 4 is 11.8 Å². The Hall–Kier alpha value is -3.22. The molecule has 0 atom stereocenters. The molecule has 5 rings (SSSR count). The Morgan fingerprint density at radius 1 is 0.774 bits per heavy atom. The molecule has 7 heteroatoms. The quantitative estimate of drug-likeness (QED) is 0.537. The van der Waals surface area contributed by atoms with Crippen LogP contribution in [0.5, 0.6) is 23.0 Å². The van der Waals surface area contributed by atoms with Gasteiger partial charge in [0, 0.05) is 5.56 Å². The van der Waals surface area contributed by atoms with Gasteiger partial charge in [0.25, 0.3) is 0 Å². The highest BCUT2D eigenvalue weighted by molar-refractivity contribution is 5.99. The Morgan fingerprint density at radius 2 is 1.35 bits per heavy atom. The molecule has 0 amide bonds. The fourth-order valence-electron chi connectivity index (χ4n) is 4.50. The summed E-state index contributed by atoms with van der Waals surface area (Å²) in [6.07, 6.45) is 3.23. The number of benzene rings is 2. The van der Waals surface area contributed by atoms with Crippen LogP contribution in [0.2, 0.25) is 0 Å². The van der Waals surface area contributed by atoms with Crippen LogP contribution in [0.4, 0.5) is 0 Å². The third-order valence-electron chi connectivity index (χ3n) is 6.14. The van der Waals surface area contributed by atoms with Crippen LogP contribution in [0.15, 0.2) is 36.4 Å². The zero-order valence-electron chi connectivity index (χ0n) is 17.2.